The van der Waals surface area contributed by atoms with E-state index < -0.39 is 0 Å². The van der Waals surface area contributed by atoms with Crippen molar-refractivity contribution < 1.29 is 0 Å². The van der Waals surface area contributed by atoms with Gasteiger partial charge in [0.2, 0.25) is 0 Å². The zero-order chi connectivity index (χ0) is 9.40. The highest BCUT2D eigenvalue weighted by Crippen LogP contribution is 2.18. The molecule has 1 saturated heterocycles. The fourth-order valence-electron chi connectivity index (χ4n) is 1.62. The Morgan fingerprint density at radius 3 is 2.42 bits per heavy atom. The Morgan fingerprint density at radius 2 is 1.83 bits per heavy atom. The highest BCUT2D eigenvalue weighted by Gasteiger charge is 2.14. The van der Waals surface area contributed by atoms with Crippen LogP contribution in [0.1, 0.15) is 47.0 Å². The van der Waals surface area contributed by atoms with Crippen molar-refractivity contribution >= 4 is 0 Å². The molecule has 1 atom stereocenters. The second-order valence-corrected chi connectivity index (χ2v) is 3.70. The van der Waals surface area contributed by atoms with Crippen LogP contribution in [0.25, 0.3) is 0 Å². The average molecular weight is 171 g/mol. The maximum absolute atomic E-state index is 3.48. The fourth-order valence-corrected chi connectivity index (χ4v) is 1.62. The normalized spacial score (nSPS) is 24.2. The van der Waals surface area contributed by atoms with Gasteiger partial charge in [0, 0.05) is 0 Å². The molecule has 1 N–H and O–H groups in total. The number of nitrogens with one attached hydrogen (secondary N) is 1. The molecule has 0 aromatic rings. The molecule has 1 aliphatic heterocycles. The minimum absolute atomic E-state index is 0.866. The Labute approximate surface area is 77.9 Å². The largest absolute Gasteiger partial charge is 0.316 e. The lowest BCUT2D eigenvalue weighted by Gasteiger charge is -2.17. The van der Waals surface area contributed by atoms with Crippen LogP contribution < -0.4 is 5.32 Å². The standard InChI is InChI=1S/C9H19N.C2H6/c1-8(2)9-5-3-4-6-10-7-9;1-2/h8-10H,3-7H2,1-2H3;1-2H3. The summed E-state index contributed by atoms with van der Waals surface area (Å²) in [6.45, 7) is 11.1. The molecule has 1 aliphatic rings. The zero-order valence-electron chi connectivity index (χ0n) is 9.19. The predicted octanol–water partition coefficient (Wildman–Crippen LogP) is 3.06. The van der Waals surface area contributed by atoms with Gasteiger partial charge in [-0.25, -0.2) is 0 Å². The zero-order valence-corrected chi connectivity index (χ0v) is 9.19. The van der Waals surface area contributed by atoms with Crippen LogP contribution in [-0.4, -0.2) is 13.1 Å². The molecule has 1 heterocycles. The summed E-state index contributed by atoms with van der Waals surface area (Å²) in [7, 11) is 0. The van der Waals surface area contributed by atoms with Crippen LogP contribution in [0.15, 0.2) is 0 Å². The van der Waals surface area contributed by atoms with Crippen molar-refractivity contribution in [3.8, 4) is 0 Å². The summed E-state index contributed by atoms with van der Waals surface area (Å²) < 4.78 is 0. The minimum atomic E-state index is 0.866. The van der Waals surface area contributed by atoms with Crippen LogP contribution in [0.2, 0.25) is 0 Å². The second kappa shape index (κ2) is 7.60. The van der Waals surface area contributed by atoms with Crippen molar-refractivity contribution in [2.45, 2.75) is 47.0 Å². The minimum Gasteiger partial charge on any atom is -0.316 e. The fraction of sp³-hybridized carbons (Fsp3) is 1.00. The number of rotatable bonds is 1. The van der Waals surface area contributed by atoms with Crippen molar-refractivity contribution in [3.63, 3.8) is 0 Å². The highest BCUT2D eigenvalue weighted by atomic mass is 14.9. The molecule has 74 valence electrons. The van der Waals surface area contributed by atoms with E-state index in [1.165, 1.54) is 32.4 Å². The summed E-state index contributed by atoms with van der Waals surface area (Å²) in [5, 5.41) is 3.48. The SMILES string of the molecule is CC.CC(C)C1CCCCNC1. The van der Waals surface area contributed by atoms with Gasteiger partial charge in [0.1, 0.15) is 0 Å². The van der Waals surface area contributed by atoms with Gasteiger partial charge in [0.25, 0.3) is 0 Å². The van der Waals surface area contributed by atoms with E-state index in [2.05, 4.69) is 19.2 Å². The molecule has 0 bridgehead atoms. The predicted molar refractivity (Wildman–Crippen MR) is 56.4 cm³/mol. The first-order valence-electron chi connectivity index (χ1n) is 5.51. The van der Waals surface area contributed by atoms with Gasteiger partial charge < -0.3 is 5.32 Å². The average Bonchev–Trinajstić information content (AvgIpc) is 2.35. The molecule has 1 unspecified atom stereocenters. The monoisotopic (exact) mass is 171 g/mol. The summed E-state index contributed by atoms with van der Waals surface area (Å²) >= 11 is 0. The van der Waals surface area contributed by atoms with Crippen LogP contribution in [0.3, 0.4) is 0 Å². The van der Waals surface area contributed by atoms with E-state index in [0.29, 0.717) is 0 Å². The maximum atomic E-state index is 3.48. The quantitative estimate of drug-likeness (QED) is 0.639. The van der Waals surface area contributed by atoms with Gasteiger partial charge in [-0.1, -0.05) is 34.1 Å². The van der Waals surface area contributed by atoms with Crippen LogP contribution in [0.4, 0.5) is 0 Å². The van der Waals surface area contributed by atoms with Crippen molar-refractivity contribution in [2.75, 3.05) is 13.1 Å². The summed E-state index contributed by atoms with van der Waals surface area (Å²) in [4.78, 5) is 0. The molecule has 0 radical (unpaired) electrons. The summed E-state index contributed by atoms with van der Waals surface area (Å²) in [5.41, 5.74) is 0. The van der Waals surface area contributed by atoms with Crippen LogP contribution >= 0.6 is 0 Å². The van der Waals surface area contributed by atoms with Gasteiger partial charge in [-0.2, -0.15) is 0 Å². The third kappa shape index (κ3) is 4.76. The van der Waals surface area contributed by atoms with E-state index in [1.54, 1.807) is 0 Å². The van der Waals surface area contributed by atoms with E-state index in [9.17, 15) is 0 Å². The van der Waals surface area contributed by atoms with Crippen LogP contribution in [0, 0.1) is 11.8 Å². The van der Waals surface area contributed by atoms with Gasteiger partial charge in [-0.3, -0.25) is 0 Å². The van der Waals surface area contributed by atoms with E-state index >= 15 is 0 Å². The van der Waals surface area contributed by atoms with Gasteiger partial charge in [-0.05, 0) is 37.8 Å². The Balaban J connectivity index is 0.000000561. The van der Waals surface area contributed by atoms with Crippen molar-refractivity contribution in [1.29, 1.82) is 0 Å². The Bertz CT molecular complexity index is 81.0. The summed E-state index contributed by atoms with van der Waals surface area (Å²) in [6.07, 6.45) is 4.24. The summed E-state index contributed by atoms with van der Waals surface area (Å²) in [5.74, 6) is 1.80. The molecule has 0 aliphatic carbocycles. The second-order valence-electron chi connectivity index (χ2n) is 3.70. The van der Waals surface area contributed by atoms with Gasteiger partial charge in [0.05, 0.1) is 0 Å². The van der Waals surface area contributed by atoms with E-state index in [4.69, 9.17) is 0 Å². The van der Waals surface area contributed by atoms with E-state index in [0.717, 1.165) is 11.8 Å². The molecule has 1 fully saturated rings. The lowest BCUT2D eigenvalue weighted by Crippen LogP contribution is -2.23. The van der Waals surface area contributed by atoms with Crippen molar-refractivity contribution in [3.05, 3.63) is 0 Å². The van der Waals surface area contributed by atoms with Crippen molar-refractivity contribution in [2.24, 2.45) is 11.8 Å². The molecular formula is C11H25N. The molecule has 0 saturated carbocycles. The summed E-state index contributed by atoms with van der Waals surface area (Å²) in [6, 6.07) is 0. The van der Waals surface area contributed by atoms with Crippen molar-refractivity contribution in [1.82, 2.24) is 5.32 Å². The first-order valence-corrected chi connectivity index (χ1v) is 5.51. The molecule has 12 heavy (non-hydrogen) atoms. The molecule has 1 rings (SSSR count). The van der Waals surface area contributed by atoms with Gasteiger partial charge >= 0.3 is 0 Å². The lowest BCUT2D eigenvalue weighted by atomic mass is 9.92. The molecule has 0 spiro atoms. The maximum Gasteiger partial charge on any atom is -0.00181 e. The Morgan fingerprint density at radius 1 is 1.17 bits per heavy atom. The Hall–Kier alpha value is -0.0400. The molecule has 1 nitrogen and oxygen atoms in total. The number of hydrogen-bond acceptors (Lipinski definition) is 1. The topological polar surface area (TPSA) is 12.0 Å². The smallest absolute Gasteiger partial charge is 0.00181 e. The first-order chi connectivity index (χ1) is 5.80. The molecule has 1 heteroatoms. The third-order valence-corrected chi connectivity index (χ3v) is 2.53. The Kier molecular flexibility index (Phi) is 7.58. The molecule has 0 amide bonds. The van der Waals surface area contributed by atoms with E-state index in [-0.39, 0.29) is 0 Å². The first kappa shape index (κ1) is 12.0. The van der Waals surface area contributed by atoms with E-state index in [1.807, 2.05) is 13.8 Å². The third-order valence-electron chi connectivity index (χ3n) is 2.53. The van der Waals surface area contributed by atoms with Crippen LogP contribution in [-0.2, 0) is 0 Å². The molecular weight excluding hydrogens is 146 g/mol. The highest BCUT2D eigenvalue weighted by molar-refractivity contribution is 4.69. The van der Waals surface area contributed by atoms with Gasteiger partial charge in [0.15, 0.2) is 0 Å². The van der Waals surface area contributed by atoms with Gasteiger partial charge in [-0.15, -0.1) is 0 Å². The molecule has 0 aromatic carbocycles. The molecule has 0 aromatic heterocycles. The van der Waals surface area contributed by atoms with Crippen LogP contribution in [0.5, 0.6) is 0 Å². The lowest BCUT2D eigenvalue weighted by molar-refractivity contribution is 0.359. The number of hydrogen-bond donors (Lipinski definition) is 1.